The molecule has 12 heteroatoms. The Morgan fingerprint density at radius 2 is 0.930 bits per heavy atom. The maximum atomic E-state index is 13.6. The largest absolute Gasteiger partial charge is 0.462 e. The van der Waals surface area contributed by atoms with Gasteiger partial charge in [0.15, 0.2) is 0 Å². The molecule has 0 atom stereocenters. The van der Waals surface area contributed by atoms with Crippen LogP contribution in [0.25, 0.3) is 0 Å². The van der Waals surface area contributed by atoms with E-state index in [1.165, 1.54) is 9.80 Å². The molecule has 0 unspecified atom stereocenters. The Morgan fingerprint density at radius 1 is 0.605 bits per heavy atom. The minimum Gasteiger partial charge on any atom is -0.462 e. The van der Waals surface area contributed by atoms with Crippen molar-refractivity contribution in [2.75, 3.05) is 19.9 Å². The second-order valence-corrected chi connectivity index (χ2v) is 11.3. The molecule has 2 heterocycles. The van der Waals surface area contributed by atoms with Crippen LogP contribution in [-0.2, 0) is 32.2 Å². The molecule has 12 nitrogen and oxygen atoms in total. The van der Waals surface area contributed by atoms with Gasteiger partial charge in [-0.1, -0.05) is 24.3 Å². The van der Waals surface area contributed by atoms with Crippen molar-refractivity contribution in [1.82, 2.24) is 19.6 Å². The minimum atomic E-state index is -1.29. The Morgan fingerprint density at radius 3 is 1.23 bits per heavy atom. The molecule has 43 heavy (non-hydrogen) atoms. The summed E-state index contributed by atoms with van der Waals surface area (Å²) in [4.78, 5) is 82.6. The zero-order valence-electron chi connectivity index (χ0n) is 25.2. The van der Waals surface area contributed by atoms with Crippen LogP contribution in [0.4, 0.5) is 9.59 Å². The minimum absolute atomic E-state index is 0.0368. The van der Waals surface area contributed by atoms with Gasteiger partial charge in [0, 0.05) is 0 Å². The quantitative estimate of drug-likeness (QED) is 0.301. The van der Waals surface area contributed by atoms with Gasteiger partial charge in [-0.15, -0.1) is 0 Å². The summed E-state index contributed by atoms with van der Waals surface area (Å²) in [6.07, 6.45) is 0. The van der Waals surface area contributed by atoms with Crippen LogP contribution in [0.1, 0.15) is 73.4 Å². The van der Waals surface area contributed by atoms with Crippen LogP contribution in [0.2, 0.25) is 0 Å². The van der Waals surface area contributed by atoms with E-state index in [0.29, 0.717) is 22.3 Å². The Labute approximate surface area is 250 Å². The average molecular weight is 593 g/mol. The highest BCUT2D eigenvalue weighted by atomic mass is 16.5. The number of urea groups is 2. The SMILES string of the molecule is CCOC(=O)c1ccc(CN2C(=O)N(CN3C(=O)N(Cc4ccc(C(=O)OCC)cc4)C(=O)C3(C)C)C(C)(C)C2=O)cc1. The van der Waals surface area contributed by atoms with E-state index < -0.39 is 46.9 Å². The number of ether oxygens (including phenoxy) is 2. The molecule has 0 saturated carbocycles. The van der Waals surface area contributed by atoms with Gasteiger partial charge in [0.05, 0.1) is 37.4 Å². The van der Waals surface area contributed by atoms with Crippen LogP contribution in [-0.4, -0.2) is 86.4 Å². The number of carbonyl (C=O) groups excluding carboxylic acids is 6. The van der Waals surface area contributed by atoms with Crippen molar-refractivity contribution in [2.45, 2.75) is 65.7 Å². The molecule has 0 radical (unpaired) electrons. The molecule has 0 bridgehead atoms. The number of rotatable bonds is 10. The van der Waals surface area contributed by atoms with Gasteiger partial charge < -0.3 is 9.47 Å². The number of benzene rings is 2. The van der Waals surface area contributed by atoms with Crippen molar-refractivity contribution in [3.05, 3.63) is 70.8 Å². The summed E-state index contributed by atoms with van der Waals surface area (Å²) in [5.41, 5.74) is -0.633. The molecule has 2 aromatic carbocycles. The first-order valence-corrected chi connectivity index (χ1v) is 14.0. The van der Waals surface area contributed by atoms with Gasteiger partial charge in [0.2, 0.25) is 0 Å². The Kier molecular flexibility index (Phi) is 8.61. The van der Waals surface area contributed by atoms with Crippen molar-refractivity contribution in [2.24, 2.45) is 0 Å². The molecule has 2 aliphatic heterocycles. The second kappa shape index (κ2) is 11.9. The first-order valence-electron chi connectivity index (χ1n) is 14.0. The molecule has 228 valence electrons. The molecule has 0 N–H and O–H groups in total. The number of hydrogen-bond acceptors (Lipinski definition) is 8. The average Bonchev–Trinajstić information content (AvgIpc) is 3.23. The van der Waals surface area contributed by atoms with Crippen LogP contribution in [0, 0.1) is 0 Å². The molecular weight excluding hydrogens is 556 g/mol. The Balaban J connectivity index is 1.49. The summed E-state index contributed by atoms with van der Waals surface area (Å²) in [5, 5.41) is 0. The topological polar surface area (TPSA) is 134 Å². The van der Waals surface area contributed by atoms with E-state index >= 15 is 0 Å². The van der Waals surface area contributed by atoms with E-state index in [4.69, 9.17) is 9.47 Å². The lowest BCUT2D eigenvalue weighted by molar-refractivity contribution is -0.133. The van der Waals surface area contributed by atoms with Gasteiger partial charge in [-0.05, 0) is 76.9 Å². The van der Waals surface area contributed by atoms with Gasteiger partial charge in [-0.25, -0.2) is 19.2 Å². The van der Waals surface area contributed by atoms with Gasteiger partial charge >= 0.3 is 24.0 Å². The first kappa shape index (κ1) is 31.2. The fourth-order valence-electron chi connectivity index (χ4n) is 5.02. The first-order chi connectivity index (χ1) is 20.2. The van der Waals surface area contributed by atoms with Crippen LogP contribution in [0.3, 0.4) is 0 Å². The molecule has 0 aliphatic carbocycles. The summed E-state index contributed by atoms with van der Waals surface area (Å²) >= 11 is 0. The monoisotopic (exact) mass is 592 g/mol. The van der Waals surface area contributed by atoms with Crippen molar-refractivity contribution < 1.29 is 38.2 Å². The lowest BCUT2D eigenvalue weighted by Crippen LogP contribution is -2.55. The van der Waals surface area contributed by atoms with E-state index in [1.54, 1.807) is 90.1 Å². The van der Waals surface area contributed by atoms with Gasteiger partial charge in [-0.3, -0.25) is 29.2 Å². The lowest BCUT2D eigenvalue weighted by Gasteiger charge is -2.36. The normalized spacial score (nSPS) is 17.6. The zero-order valence-corrected chi connectivity index (χ0v) is 25.2. The van der Waals surface area contributed by atoms with Crippen molar-refractivity contribution in [1.29, 1.82) is 0 Å². The van der Waals surface area contributed by atoms with Crippen molar-refractivity contribution >= 4 is 35.8 Å². The van der Waals surface area contributed by atoms with Crippen LogP contribution in [0.15, 0.2) is 48.5 Å². The van der Waals surface area contributed by atoms with Gasteiger partial charge in [0.1, 0.15) is 17.7 Å². The molecule has 6 amide bonds. The third-order valence-electron chi connectivity index (χ3n) is 7.70. The standard InChI is InChI=1S/C31H36N4O8/c1-7-42-24(36)22-13-9-20(10-14-22)17-32-26(38)30(3,4)34(28(32)40)19-35-29(41)33(27(39)31(35,5)6)18-21-11-15-23(16-12-21)25(37)43-8-2/h9-16H,7-8,17-19H2,1-6H3. The third kappa shape index (κ3) is 5.81. The number of hydrogen-bond donors (Lipinski definition) is 0. The number of carbonyl (C=O) groups is 6. The third-order valence-corrected chi connectivity index (χ3v) is 7.70. The van der Waals surface area contributed by atoms with E-state index in [1.807, 2.05) is 0 Å². The fraction of sp³-hybridized carbons (Fsp3) is 0.419. The summed E-state index contributed by atoms with van der Waals surface area (Å²) in [5.74, 6) is -1.85. The molecule has 2 aromatic rings. The second-order valence-electron chi connectivity index (χ2n) is 11.3. The smallest absolute Gasteiger partial charge is 0.338 e. The van der Waals surface area contributed by atoms with Crippen LogP contribution >= 0.6 is 0 Å². The summed E-state index contributed by atoms with van der Waals surface area (Å²) in [6, 6.07) is 11.6. The zero-order chi connectivity index (χ0) is 31.7. The van der Waals surface area contributed by atoms with Crippen molar-refractivity contribution in [3.63, 3.8) is 0 Å². The molecule has 0 aromatic heterocycles. The number of esters is 2. The Bertz CT molecular complexity index is 1340. The number of nitrogens with zero attached hydrogens (tertiary/aromatic N) is 4. The maximum Gasteiger partial charge on any atom is 0.338 e. The number of imide groups is 2. The summed E-state index contributed by atoms with van der Waals surface area (Å²) in [6.45, 7) is 9.92. The molecule has 4 rings (SSSR count). The van der Waals surface area contributed by atoms with E-state index in [9.17, 15) is 28.8 Å². The van der Waals surface area contributed by atoms with E-state index in [2.05, 4.69) is 0 Å². The molecule has 2 fully saturated rings. The molecule has 2 saturated heterocycles. The highest BCUT2D eigenvalue weighted by molar-refractivity contribution is 6.08. The molecule has 0 spiro atoms. The Hall–Kier alpha value is -4.74. The fourth-order valence-corrected chi connectivity index (χ4v) is 5.02. The predicted molar refractivity (Wildman–Crippen MR) is 153 cm³/mol. The highest BCUT2D eigenvalue weighted by Gasteiger charge is 2.57. The van der Waals surface area contributed by atoms with Crippen molar-refractivity contribution in [3.8, 4) is 0 Å². The number of amides is 6. The highest BCUT2D eigenvalue weighted by Crippen LogP contribution is 2.34. The van der Waals surface area contributed by atoms with Gasteiger partial charge in [-0.2, -0.15) is 0 Å². The lowest BCUT2D eigenvalue weighted by atomic mass is 10.0. The molecule has 2 aliphatic rings. The van der Waals surface area contributed by atoms with Gasteiger partial charge in [0.25, 0.3) is 11.8 Å². The summed E-state index contributed by atoms with van der Waals surface area (Å²) in [7, 11) is 0. The predicted octanol–water partition coefficient (Wildman–Crippen LogP) is 3.78. The molecular formula is C31H36N4O8. The van der Waals surface area contributed by atoms with Crippen LogP contribution in [0.5, 0.6) is 0 Å². The van der Waals surface area contributed by atoms with Crippen LogP contribution < -0.4 is 0 Å². The maximum absolute atomic E-state index is 13.6. The van der Waals surface area contributed by atoms with E-state index in [-0.39, 0.29) is 33.0 Å². The van der Waals surface area contributed by atoms with E-state index in [0.717, 1.165) is 9.80 Å². The summed E-state index contributed by atoms with van der Waals surface area (Å²) < 4.78 is 9.99.